The van der Waals surface area contributed by atoms with Gasteiger partial charge < -0.3 is 4.52 Å². The molecule has 0 bridgehead atoms. The van der Waals surface area contributed by atoms with Crippen molar-refractivity contribution in [3.63, 3.8) is 0 Å². The van der Waals surface area contributed by atoms with Gasteiger partial charge in [-0.05, 0) is 42.8 Å². The lowest BCUT2D eigenvalue weighted by Gasteiger charge is -2.13. The Bertz CT molecular complexity index is 1290. The van der Waals surface area contributed by atoms with E-state index in [9.17, 15) is 4.79 Å². The van der Waals surface area contributed by atoms with E-state index in [-0.39, 0.29) is 11.0 Å². The molecule has 0 spiro atoms. The van der Waals surface area contributed by atoms with Crippen molar-refractivity contribution in [3.05, 3.63) is 75.1 Å². The van der Waals surface area contributed by atoms with Crippen LogP contribution in [0.15, 0.2) is 56.9 Å². The molecular weight excluding hydrogens is 420 g/mol. The van der Waals surface area contributed by atoms with Crippen molar-refractivity contribution in [1.82, 2.24) is 19.7 Å². The maximum atomic E-state index is 13.3. The molecule has 2 heterocycles. The number of rotatable bonds is 4. The molecule has 4 rings (SSSR count). The molecule has 0 atom stereocenters. The maximum absolute atomic E-state index is 13.3. The van der Waals surface area contributed by atoms with Crippen molar-refractivity contribution < 1.29 is 4.52 Å². The second kappa shape index (κ2) is 7.89. The average molecular weight is 441 g/mol. The number of hydrogen-bond acceptors (Lipinski definition) is 6. The monoisotopic (exact) mass is 440 g/mol. The highest BCUT2D eigenvalue weighted by molar-refractivity contribution is 7.98. The van der Waals surface area contributed by atoms with E-state index >= 15 is 0 Å². The van der Waals surface area contributed by atoms with E-state index in [0.717, 1.165) is 11.3 Å². The summed E-state index contributed by atoms with van der Waals surface area (Å²) in [5.74, 6) is 1.53. The number of hydrogen-bond donors (Lipinski definition) is 0. The first-order valence-corrected chi connectivity index (χ1v) is 10.8. The summed E-state index contributed by atoms with van der Waals surface area (Å²) < 4.78 is 7.02. The van der Waals surface area contributed by atoms with E-state index < -0.39 is 0 Å². The summed E-state index contributed by atoms with van der Waals surface area (Å²) in [4.78, 5) is 22.5. The van der Waals surface area contributed by atoms with Gasteiger partial charge in [-0.3, -0.25) is 9.36 Å². The fraction of sp³-hybridized carbons (Fsp3) is 0.273. The summed E-state index contributed by atoms with van der Waals surface area (Å²) in [6, 6.07) is 12.9. The molecule has 0 N–H and O–H groups in total. The van der Waals surface area contributed by atoms with Crippen LogP contribution in [0.5, 0.6) is 0 Å². The Morgan fingerprint density at radius 2 is 1.93 bits per heavy atom. The Balaban J connectivity index is 1.80. The molecule has 6 nitrogen and oxygen atoms in total. The van der Waals surface area contributed by atoms with Crippen LogP contribution < -0.4 is 5.56 Å². The van der Waals surface area contributed by atoms with Crippen molar-refractivity contribution in [2.45, 2.75) is 44.0 Å². The molecule has 0 saturated heterocycles. The van der Waals surface area contributed by atoms with Crippen LogP contribution in [0.25, 0.3) is 16.6 Å². The van der Waals surface area contributed by atoms with E-state index in [4.69, 9.17) is 21.1 Å². The van der Waals surface area contributed by atoms with Crippen LogP contribution in [0.4, 0.5) is 0 Å². The second-order valence-electron chi connectivity index (χ2n) is 8.09. The number of halogens is 1. The predicted octanol–water partition coefficient (Wildman–Crippen LogP) is 5.32. The van der Waals surface area contributed by atoms with Gasteiger partial charge in [0.15, 0.2) is 11.0 Å². The van der Waals surface area contributed by atoms with Gasteiger partial charge in [0.05, 0.1) is 22.3 Å². The number of thioether (sulfide) groups is 1. The second-order valence-corrected chi connectivity index (χ2v) is 9.46. The molecular formula is C22H21ClN4O2S. The third-order valence-electron chi connectivity index (χ3n) is 4.52. The van der Waals surface area contributed by atoms with Gasteiger partial charge in [-0.1, -0.05) is 61.4 Å². The molecule has 0 fully saturated rings. The summed E-state index contributed by atoms with van der Waals surface area (Å²) in [5.41, 5.74) is 2.02. The van der Waals surface area contributed by atoms with E-state index in [1.807, 2.05) is 52.0 Å². The first-order valence-electron chi connectivity index (χ1n) is 9.47. The minimum atomic E-state index is -0.200. The van der Waals surface area contributed by atoms with Gasteiger partial charge in [0.1, 0.15) is 0 Å². The first-order chi connectivity index (χ1) is 14.2. The van der Waals surface area contributed by atoms with Crippen LogP contribution in [0.3, 0.4) is 0 Å². The summed E-state index contributed by atoms with van der Waals surface area (Å²) in [7, 11) is 0. The summed E-state index contributed by atoms with van der Waals surface area (Å²) >= 11 is 7.50. The van der Waals surface area contributed by atoms with Crippen molar-refractivity contribution >= 4 is 34.3 Å². The maximum Gasteiger partial charge on any atom is 0.266 e. The van der Waals surface area contributed by atoms with Gasteiger partial charge in [-0.25, -0.2) is 4.98 Å². The van der Waals surface area contributed by atoms with Crippen LogP contribution in [0.1, 0.15) is 38.0 Å². The largest absolute Gasteiger partial charge is 0.338 e. The van der Waals surface area contributed by atoms with Crippen LogP contribution in [0, 0.1) is 6.92 Å². The minimum absolute atomic E-state index is 0.148. The molecule has 0 radical (unpaired) electrons. The molecule has 0 unspecified atom stereocenters. The van der Waals surface area contributed by atoms with Gasteiger partial charge in [0.25, 0.3) is 5.56 Å². The van der Waals surface area contributed by atoms with Crippen molar-refractivity contribution in [3.8, 4) is 5.69 Å². The normalized spacial score (nSPS) is 11.9. The molecule has 0 aliphatic carbocycles. The van der Waals surface area contributed by atoms with E-state index in [1.165, 1.54) is 11.8 Å². The Hall–Kier alpha value is -2.64. The van der Waals surface area contributed by atoms with E-state index in [2.05, 4.69) is 10.1 Å². The molecule has 0 amide bonds. The Morgan fingerprint density at radius 3 is 2.63 bits per heavy atom. The smallest absolute Gasteiger partial charge is 0.266 e. The summed E-state index contributed by atoms with van der Waals surface area (Å²) in [6.07, 6.45) is 0. The highest BCUT2D eigenvalue weighted by Crippen LogP contribution is 2.27. The SMILES string of the molecule is Cc1cccc(-n2c(SCc3nc(C(C)(C)C)no3)nc3cc(Cl)ccc3c2=O)c1. The minimum Gasteiger partial charge on any atom is -0.338 e. The van der Waals surface area contributed by atoms with Crippen molar-refractivity contribution in [2.75, 3.05) is 0 Å². The van der Waals surface area contributed by atoms with Crippen LogP contribution in [0.2, 0.25) is 5.02 Å². The van der Waals surface area contributed by atoms with E-state index in [1.54, 1.807) is 22.8 Å². The van der Waals surface area contributed by atoms with Gasteiger partial charge in [-0.15, -0.1) is 0 Å². The molecule has 0 aliphatic rings. The number of benzene rings is 2. The molecule has 0 saturated carbocycles. The standard InChI is InChI=1S/C22H21ClN4O2S/c1-13-6-5-7-15(10-13)27-19(28)16-9-8-14(23)11-17(16)24-21(27)30-12-18-25-20(26-29-18)22(2,3)4/h5-11H,12H2,1-4H3. The van der Waals surface area contributed by atoms with Crippen LogP contribution in [-0.4, -0.2) is 19.7 Å². The molecule has 0 aliphatic heterocycles. The zero-order valence-corrected chi connectivity index (χ0v) is 18.7. The molecule has 154 valence electrons. The third-order valence-corrected chi connectivity index (χ3v) is 5.68. The zero-order valence-electron chi connectivity index (χ0n) is 17.1. The van der Waals surface area contributed by atoms with Crippen LogP contribution >= 0.6 is 23.4 Å². The number of aryl methyl sites for hydroxylation is 1. The summed E-state index contributed by atoms with van der Waals surface area (Å²) in [5, 5.41) is 5.65. The summed E-state index contributed by atoms with van der Waals surface area (Å²) in [6.45, 7) is 8.07. The van der Waals surface area contributed by atoms with Gasteiger partial charge in [-0.2, -0.15) is 4.98 Å². The quantitative estimate of drug-likeness (QED) is 0.316. The molecule has 2 aromatic heterocycles. The van der Waals surface area contributed by atoms with Gasteiger partial charge in [0.2, 0.25) is 5.89 Å². The van der Waals surface area contributed by atoms with Crippen molar-refractivity contribution in [2.24, 2.45) is 0 Å². The fourth-order valence-electron chi connectivity index (χ4n) is 2.97. The lowest BCUT2D eigenvalue weighted by molar-refractivity contribution is 0.372. The lowest BCUT2D eigenvalue weighted by Crippen LogP contribution is -2.21. The highest BCUT2D eigenvalue weighted by atomic mass is 35.5. The topological polar surface area (TPSA) is 73.8 Å². The molecule has 8 heteroatoms. The molecule has 4 aromatic rings. The number of fused-ring (bicyclic) bond motifs is 1. The Morgan fingerprint density at radius 1 is 1.13 bits per heavy atom. The lowest BCUT2D eigenvalue weighted by atomic mass is 9.96. The molecule has 30 heavy (non-hydrogen) atoms. The van der Waals surface area contributed by atoms with Gasteiger partial charge >= 0.3 is 0 Å². The highest BCUT2D eigenvalue weighted by Gasteiger charge is 2.21. The number of nitrogens with zero attached hydrogens (tertiary/aromatic N) is 4. The number of aromatic nitrogens is 4. The van der Waals surface area contributed by atoms with Gasteiger partial charge in [0, 0.05) is 10.4 Å². The predicted molar refractivity (Wildman–Crippen MR) is 120 cm³/mol. The third kappa shape index (κ3) is 4.13. The fourth-order valence-corrected chi connectivity index (χ4v) is 3.99. The Kier molecular flexibility index (Phi) is 5.42. The Labute approximate surface area is 183 Å². The van der Waals surface area contributed by atoms with E-state index in [0.29, 0.717) is 38.5 Å². The zero-order chi connectivity index (χ0) is 21.5. The average Bonchev–Trinajstić information content (AvgIpc) is 3.15. The van der Waals surface area contributed by atoms with Crippen LogP contribution in [-0.2, 0) is 11.2 Å². The molecule has 2 aromatic carbocycles. The first kappa shape index (κ1) is 20.6. The van der Waals surface area contributed by atoms with Crippen molar-refractivity contribution in [1.29, 1.82) is 0 Å².